The van der Waals surface area contributed by atoms with Crippen LogP contribution in [0.3, 0.4) is 0 Å². The maximum absolute atomic E-state index is 11.8. The van der Waals surface area contributed by atoms with Gasteiger partial charge in [-0.15, -0.1) is 0 Å². The Balaban J connectivity index is 3.87. The molecule has 0 aliphatic carbocycles. The van der Waals surface area contributed by atoms with E-state index in [1.165, 1.54) is 0 Å². The van der Waals surface area contributed by atoms with Gasteiger partial charge in [0.2, 0.25) is 5.91 Å². The first-order valence-electron chi connectivity index (χ1n) is 8.99. The third-order valence-corrected chi connectivity index (χ3v) is 4.25. The Bertz CT molecular complexity index is 374. The molecule has 0 aliphatic rings. The summed E-state index contributed by atoms with van der Waals surface area (Å²) in [6.07, 6.45) is 0.610. The minimum Gasteiger partial charge on any atom is -0.344 e. The van der Waals surface area contributed by atoms with E-state index in [9.17, 15) is 9.59 Å². The number of rotatable bonds is 13. The molecule has 1 amide bonds. The van der Waals surface area contributed by atoms with Crippen LogP contribution in [0.25, 0.3) is 0 Å². The fraction of sp³-hybridized carbons (Fsp3) is 0.889. The molecule has 6 heteroatoms. The third-order valence-electron chi connectivity index (χ3n) is 4.25. The summed E-state index contributed by atoms with van der Waals surface area (Å²) in [7, 11) is 8.07. The van der Waals surface area contributed by atoms with Crippen molar-refractivity contribution < 1.29 is 9.59 Å². The SMILES string of the molecule is CCC(=O)CN(C)CCN(C)CCN(C)CCN(C)C(=O)C(C)C. The van der Waals surface area contributed by atoms with Crippen molar-refractivity contribution in [2.24, 2.45) is 5.92 Å². The van der Waals surface area contributed by atoms with E-state index in [0.717, 1.165) is 39.3 Å². The molecule has 0 aliphatic heterocycles. The quantitative estimate of drug-likeness (QED) is 0.497. The summed E-state index contributed by atoms with van der Waals surface area (Å²) in [6.45, 7) is 11.8. The number of ketones is 1. The first-order valence-corrected chi connectivity index (χ1v) is 8.99. The third kappa shape index (κ3) is 10.7. The van der Waals surface area contributed by atoms with E-state index < -0.39 is 0 Å². The van der Waals surface area contributed by atoms with Crippen molar-refractivity contribution in [2.45, 2.75) is 27.2 Å². The van der Waals surface area contributed by atoms with E-state index in [1.807, 2.05) is 39.8 Å². The molecule has 0 bridgehead atoms. The molecule has 0 saturated carbocycles. The van der Waals surface area contributed by atoms with Gasteiger partial charge in [-0.2, -0.15) is 0 Å². The minimum absolute atomic E-state index is 0.0584. The Hall–Kier alpha value is -0.980. The molecule has 0 radical (unpaired) electrons. The Morgan fingerprint density at radius 3 is 1.58 bits per heavy atom. The average Bonchev–Trinajstić information content (AvgIpc) is 2.54. The van der Waals surface area contributed by atoms with E-state index in [0.29, 0.717) is 18.7 Å². The zero-order valence-corrected chi connectivity index (χ0v) is 16.8. The molecule has 0 spiro atoms. The zero-order valence-electron chi connectivity index (χ0n) is 16.8. The lowest BCUT2D eigenvalue weighted by Gasteiger charge is -2.26. The molecule has 0 aromatic heterocycles. The van der Waals surface area contributed by atoms with Gasteiger partial charge < -0.3 is 14.7 Å². The number of Topliss-reactive ketones (excluding diaryl/α,β-unsaturated/α-hetero) is 1. The van der Waals surface area contributed by atoms with Gasteiger partial charge in [-0.05, 0) is 21.1 Å². The molecule has 0 rings (SSSR count). The molecule has 0 saturated heterocycles. The van der Waals surface area contributed by atoms with Gasteiger partial charge in [-0.25, -0.2) is 0 Å². The highest BCUT2D eigenvalue weighted by molar-refractivity contribution is 5.80. The van der Waals surface area contributed by atoms with Gasteiger partial charge in [-0.3, -0.25) is 14.5 Å². The number of hydrogen-bond donors (Lipinski definition) is 0. The fourth-order valence-corrected chi connectivity index (χ4v) is 2.27. The normalized spacial score (nSPS) is 11.8. The maximum atomic E-state index is 11.8. The second kappa shape index (κ2) is 12.4. The number of carbonyl (C=O) groups excluding carboxylic acids is 2. The molecule has 0 heterocycles. The molecule has 0 unspecified atom stereocenters. The van der Waals surface area contributed by atoms with E-state index in [4.69, 9.17) is 0 Å². The van der Waals surface area contributed by atoms with Crippen molar-refractivity contribution in [3.63, 3.8) is 0 Å². The van der Waals surface area contributed by atoms with Gasteiger partial charge in [0.25, 0.3) is 0 Å². The monoisotopic (exact) mass is 342 g/mol. The van der Waals surface area contributed by atoms with Crippen LogP contribution in [-0.4, -0.2) is 105 Å². The molecule has 0 fully saturated rings. The summed E-state index contributed by atoms with van der Waals surface area (Å²) in [5.74, 6) is 0.549. The van der Waals surface area contributed by atoms with Gasteiger partial charge >= 0.3 is 0 Å². The number of carbonyl (C=O) groups is 2. The first kappa shape index (κ1) is 23.0. The van der Waals surface area contributed by atoms with Crippen LogP contribution in [0, 0.1) is 5.92 Å². The Morgan fingerprint density at radius 1 is 0.750 bits per heavy atom. The van der Waals surface area contributed by atoms with Gasteiger partial charge in [0, 0.05) is 58.7 Å². The Morgan fingerprint density at radius 2 is 1.17 bits per heavy atom. The van der Waals surface area contributed by atoms with Crippen LogP contribution in [0.2, 0.25) is 0 Å². The highest BCUT2D eigenvalue weighted by Gasteiger charge is 2.13. The van der Waals surface area contributed by atoms with Crippen LogP contribution < -0.4 is 0 Å². The lowest BCUT2D eigenvalue weighted by atomic mass is 10.2. The molecule has 0 atom stereocenters. The van der Waals surface area contributed by atoms with Gasteiger partial charge in [0.15, 0.2) is 0 Å². The summed E-state index contributed by atoms with van der Waals surface area (Å²) in [6, 6.07) is 0. The number of likely N-dealkylation sites (N-methyl/N-ethyl adjacent to an activating group) is 4. The molecule has 142 valence electrons. The van der Waals surface area contributed by atoms with Gasteiger partial charge in [-0.1, -0.05) is 20.8 Å². The summed E-state index contributed by atoms with van der Waals surface area (Å²) < 4.78 is 0. The maximum Gasteiger partial charge on any atom is 0.224 e. The summed E-state index contributed by atoms with van der Waals surface area (Å²) in [5, 5.41) is 0. The summed E-state index contributed by atoms with van der Waals surface area (Å²) >= 11 is 0. The number of amides is 1. The van der Waals surface area contributed by atoms with E-state index in [2.05, 4.69) is 28.8 Å². The molecule has 0 aromatic rings. The minimum atomic E-state index is 0.0584. The van der Waals surface area contributed by atoms with Crippen LogP contribution in [0.1, 0.15) is 27.2 Å². The van der Waals surface area contributed by atoms with E-state index in [-0.39, 0.29) is 11.8 Å². The zero-order chi connectivity index (χ0) is 18.7. The molecule has 0 N–H and O–H groups in total. The standard InChI is InChI=1S/C18H38N4O2/c1-8-17(23)15-21(6)12-11-19(4)9-10-20(5)13-14-22(7)18(24)16(2)3/h16H,8-15H2,1-7H3. The first-order chi connectivity index (χ1) is 11.2. The van der Waals surface area contributed by atoms with Crippen molar-refractivity contribution >= 4 is 11.7 Å². The Labute approximate surface area is 148 Å². The van der Waals surface area contributed by atoms with Gasteiger partial charge in [0.05, 0.1) is 6.54 Å². The molecule has 6 nitrogen and oxygen atoms in total. The highest BCUT2D eigenvalue weighted by atomic mass is 16.2. The van der Waals surface area contributed by atoms with Crippen molar-refractivity contribution in [3.05, 3.63) is 0 Å². The van der Waals surface area contributed by atoms with Crippen LogP contribution in [0.5, 0.6) is 0 Å². The van der Waals surface area contributed by atoms with Crippen molar-refractivity contribution in [1.82, 2.24) is 19.6 Å². The fourth-order valence-electron chi connectivity index (χ4n) is 2.27. The van der Waals surface area contributed by atoms with Crippen molar-refractivity contribution in [3.8, 4) is 0 Å². The highest BCUT2D eigenvalue weighted by Crippen LogP contribution is 1.99. The average molecular weight is 343 g/mol. The molecule has 0 aromatic carbocycles. The van der Waals surface area contributed by atoms with Gasteiger partial charge in [0.1, 0.15) is 5.78 Å². The van der Waals surface area contributed by atoms with E-state index in [1.54, 1.807) is 0 Å². The van der Waals surface area contributed by atoms with E-state index >= 15 is 0 Å². The predicted molar refractivity (Wildman–Crippen MR) is 100 cm³/mol. The lowest BCUT2D eigenvalue weighted by Crippen LogP contribution is -2.40. The smallest absolute Gasteiger partial charge is 0.224 e. The molecular formula is C18H38N4O2. The van der Waals surface area contributed by atoms with Crippen LogP contribution in [0.15, 0.2) is 0 Å². The second-order valence-electron chi connectivity index (χ2n) is 7.15. The number of nitrogens with zero attached hydrogens (tertiary/aromatic N) is 4. The largest absolute Gasteiger partial charge is 0.344 e. The van der Waals surface area contributed by atoms with Crippen LogP contribution in [-0.2, 0) is 9.59 Å². The predicted octanol–water partition coefficient (Wildman–Crippen LogP) is 0.875. The summed E-state index contributed by atoms with van der Waals surface area (Å²) in [5.41, 5.74) is 0. The number of hydrogen-bond acceptors (Lipinski definition) is 5. The molecule has 24 heavy (non-hydrogen) atoms. The van der Waals surface area contributed by atoms with Crippen molar-refractivity contribution in [1.29, 1.82) is 0 Å². The molecular weight excluding hydrogens is 304 g/mol. The second-order valence-corrected chi connectivity index (χ2v) is 7.15. The van der Waals surface area contributed by atoms with Crippen LogP contribution >= 0.6 is 0 Å². The lowest BCUT2D eigenvalue weighted by molar-refractivity contribution is -0.133. The van der Waals surface area contributed by atoms with Crippen LogP contribution in [0.4, 0.5) is 0 Å². The Kier molecular flexibility index (Phi) is 11.9. The topological polar surface area (TPSA) is 47.1 Å². The van der Waals surface area contributed by atoms with Crippen molar-refractivity contribution in [2.75, 3.05) is 74.0 Å². The summed E-state index contributed by atoms with van der Waals surface area (Å²) in [4.78, 5) is 31.7.